The van der Waals surface area contributed by atoms with Gasteiger partial charge in [-0.05, 0) is 60.4 Å². The fourth-order valence-electron chi connectivity index (χ4n) is 6.50. The van der Waals surface area contributed by atoms with E-state index in [0.29, 0.717) is 56.5 Å². The second kappa shape index (κ2) is 10.5. The zero-order chi connectivity index (χ0) is 31.5. The van der Waals surface area contributed by atoms with E-state index < -0.39 is 12.5 Å². The van der Waals surface area contributed by atoms with Crippen LogP contribution < -0.4 is 10.6 Å². The molecule has 5 aromatic rings. The number of nitrogens with one attached hydrogen (secondary N) is 2. The average molecular weight is 604 g/mol. The summed E-state index contributed by atoms with van der Waals surface area (Å²) in [5, 5.41) is 37.5. The van der Waals surface area contributed by atoms with Gasteiger partial charge in [-0.1, -0.05) is 44.2 Å². The third-order valence-corrected chi connectivity index (χ3v) is 8.94. The number of anilines is 2. The molecule has 226 valence electrons. The van der Waals surface area contributed by atoms with E-state index in [-0.39, 0.29) is 16.6 Å². The summed E-state index contributed by atoms with van der Waals surface area (Å²) in [6, 6.07) is 16.0. The highest BCUT2D eigenvalue weighted by Gasteiger charge is 2.59. The van der Waals surface area contributed by atoms with Crippen LogP contribution in [-0.2, 0) is 5.54 Å². The van der Waals surface area contributed by atoms with Gasteiger partial charge in [0, 0.05) is 29.2 Å². The maximum absolute atomic E-state index is 13.5. The Morgan fingerprint density at radius 1 is 1.02 bits per heavy atom. The Morgan fingerprint density at radius 2 is 1.80 bits per heavy atom. The molecule has 3 heterocycles. The number of rotatable bonds is 8. The monoisotopic (exact) mass is 603 g/mol. The zero-order valence-electron chi connectivity index (χ0n) is 25.1. The van der Waals surface area contributed by atoms with Gasteiger partial charge in [0.1, 0.15) is 23.5 Å². The summed E-state index contributed by atoms with van der Waals surface area (Å²) in [4.78, 5) is 8.69. The van der Waals surface area contributed by atoms with Crippen molar-refractivity contribution in [2.45, 2.75) is 58.0 Å². The lowest BCUT2D eigenvalue weighted by Gasteiger charge is -2.61. The van der Waals surface area contributed by atoms with Gasteiger partial charge in [-0.15, -0.1) is 5.10 Å². The molecule has 3 aliphatic rings. The zero-order valence-corrected chi connectivity index (χ0v) is 25.1. The van der Waals surface area contributed by atoms with Crippen molar-refractivity contribution in [3.63, 3.8) is 0 Å². The number of alkyl halides is 2. The molecule has 0 spiro atoms. The fraction of sp³-hybridized carbons (Fsp3) is 0.353. The minimum atomic E-state index is -2.69. The van der Waals surface area contributed by atoms with Gasteiger partial charge < -0.3 is 10.6 Å². The molecule has 1 unspecified atom stereocenters. The Labute approximate surface area is 258 Å². The van der Waals surface area contributed by atoms with E-state index in [9.17, 15) is 19.3 Å². The van der Waals surface area contributed by atoms with E-state index in [1.807, 2.05) is 23.0 Å². The van der Waals surface area contributed by atoms with Gasteiger partial charge in [0.25, 0.3) is 6.43 Å². The first-order valence-electron chi connectivity index (χ1n) is 15.0. The number of nitrogens with zero attached hydrogens (tertiary/aromatic N) is 7. The summed E-state index contributed by atoms with van der Waals surface area (Å²) in [7, 11) is 0. The van der Waals surface area contributed by atoms with Gasteiger partial charge in [-0.2, -0.15) is 10.5 Å². The van der Waals surface area contributed by atoms with E-state index in [0.717, 1.165) is 30.7 Å². The number of fused-ring (bicyclic) bond motifs is 2. The van der Waals surface area contributed by atoms with Crippen molar-refractivity contribution in [1.82, 2.24) is 25.0 Å². The largest absolute Gasteiger partial charge is 0.383 e. The van der Waals surface area contributed by atoms with E-state index in [2.05, 4.69) is 63.8 Å². The second-order valence-electron chi connectivity index (χ2n) is 13.4. The number of pyridine rings is 2. The molecule has 2 N–H and O–H groups in total. The molecular weight excluding hydrogens is 572 g/mol. The van der Waals surface area contributed by atoms with Crippen LogP contribution in [0.4, 0.5) is 20.2 Å². The van der Waals surface area contributed by atoms with Crippen molar-refractivity contribution in [2.75, 3.05) is 17.2 Å². The molecule has 3 saturated carbocycles. The van der Waals surface area contributed by atoms with Crippen molar-refractivity contribution >= 4 is 33.2 Å². The number of hydrogen-bond acceptors (Lipinski definition) is 8. The van der Waals surface area contributed by atoms with Gasteiger partial charge in [0.05, 0.1) is 45.6 Å². The number of halogens is 2. The van der Waals surface area contributed by atoms with Crippen molar-refractivity contribution < 1.29 is 8.78 Å². The van der Waals surface area contributed by atoms with E-state index in [4.69, 9.17) is 0 Å². The molecule has 2 bridgehead atoms. The summed E-state index contributed by atoms with van der Waals surface area (Å²) in [5.74, 6) is 0.759. The van der Waals surface area contributed by atoms with Gasteiger partial charge in [-0.3, -0.25) is 4.98 Å². The standard InChI is InChI=1S/C34H31F2N9/c1-33(2,3)18-40-30-21(15-38)16-39-29-20(14-37)9-22(10-25(29)30)41-31(28-17-45(44-43-28)34-11-19(12-34)13-34)24-5-4-6-26-23(24)7-8-27(42-26)32(35)36/h4-10,16-17,19,31-32,41H,11-13,18H2,1-3H3,(H,39,40). The van der Waals surface area contributed by atoms with Crippen molar-refractivity contribution in [1.29, 1.82) is 10.5 Å². The Balaban J connectivity index is 1.37. The molecular formula is C34H31F2N9. The van der Waals surface area contributed by atoms with Crippen molar-refractivity contribution in [2.24, 2.45) is 11.3 Å². The van der Waals surface area contributed by atoms with E-state index >= 15 is 0 Å². The normalized spacial score (nSPS) is 19.4. The molecule has 45 heavy (non-hydrogen) atoms. The van der Waals surface area contributed by atoms with Crippen LogP contribution in [0.15, 0.2) is 54.9 Å². The van der Waals surface area contributed by atoms with Crippen LogP contribution in [0.25, 0.3) is 21.8 Å². The Kier molecular flexibility index (Phi) is 6.66. The number of benzene rings is 2. The Bertz CT molecular complexity index is 2030. The predicted molar refractivity (Wildman–Crippen MR) is 167 cm³/mol. The molecule has 0 aliphatic heterocycles. The highest BCUT2D eigenvalue weighted by atomic mass is 19.3. The van der Waals surface area contributed by atoms with Gasteiger partial charge in [0.15, 0.2) is 0 Å². The quantitative estimate of drug-likeness (QED) is 0.190. The predicted octanol–water partition coefficient (Wildman–Crippen LogP) is 7.22. The van der Waals surface area contributed by atoms with Crippen LogP contribution in [0.2, 0.25) is 0 Å². The molecule has 1 atom stereocenters. The maximum Gasteiger partial charge on any atom is 0.280 e. The molecule has 3 aliphatic carbocycles. The minimum absolute atomic E-state index is 0.0247. The number of hydrogen-bond donors (Lipinski definition) is 2. The molecule has 3 fully saturated rings. The summed E-state index contributed by atoms with van der Waals surface area (Å²) < 4.78 is 29.0. The highest BCUT2D eigenvalue weighted by molar-refractivity contribution is 5.99. The van der Waals surface area contributed by atoms with E-state index in [1.165, 1.54) is 12.3 Å². The molecule has 3 aromatic heterocycles. The van der Waals surface area contributed by atoms with Crippen LogP contribution in [0.3, 0.4) is 0 Å². The molecule has 0 radical (unpaired) electrons. The number of aromatic nitrogens is 5. The van der Waals surface area contributed by atoms with Gasteiger partial charge in [-0.25, -0.2) is 18.4 Å². The second-order valence-corrected chi connectivity index (χ2v) is 13.4. The van der Waals surface area contributed by atoms with Crippen LogP contribution in [0.1, 0.15) is 80.6 Å². The lowest BCUT2D eigenvalue weighted by atomic mass is 9.50. The summed E-state index contributed by atoms with van der Waals surface area (Å²) in [6.07, 6.45) is 4.05. The Hall–Kier alpha value is -5.16. The average Bonchev–Trinajstić information content (AvgIpc) is 3.44. The van der Waals surface area contributed by atoms with Crippen LogP contribution in [0.5, 0.6) is 0 Å². The first-order valence-corrected chi connectivity index (χ1v) is 15.0. The topological polar surface area (TPSA) is 128 Å². The summed E-state index contributed by atoms with van der Waals surface area (Å²) in [6.45, 7) is 6.88. The van der Waals surface area contributed by atoms with Crippen molar-refractivity contribution in [3.8, 4) is 12.1 Å². The summed E-state index contributed by atoms with van der Waals surface area (Å²) >= 11 is 0. The Morgan fingerprint density at radius 3 is 2.47 bits per heavy atom. The lowest BCUT2D eigenvalue weighted by Crippen LogP contribution is -2.59. The third kappa shape index (κ3) is 4.98. The first kappa shape index (κ1) is 28.6. The SMILES string of the molecule is CC(C)(C)CNc1c(C#N)cnc2c(C#N)cc(NC(c3cn(C45CC(C4)C5)nn3)c3cccc4nc(C(F)F)ccc34)cc12. The smallest absolute Gasteiger partial charge is 0.280 e. The van der Waals surface area contributed by atoms with Gasteiger partial charge >= 0.3 is 0 Å². The molecule has 0 saturated heterocycles. The fourth-order valence-corrected chi connectivity index (χ4v) is 6.50. The van der Waals surface area contributed by atoms with Crippen LogP contribution >= 0.6 is 0 Å². The molecule has 11 heteroatoms. The first-order chi connectivity index (χ1) is 21.6. The van der Waals surface area contributed by atoms with Crippen molar-refractivity contribution in [3.05, 3.63) is 82.9 Å². The third-order valence-electron chi connectivity index (χ3n) is 8.94. The molecule has 9 nitrogen and oxygen atoms in total. The van der Waals surface area contributed by atoms with E-state index in [1.54, 1.807) is 24.3 Å². The number of nitriles is 2. The molecule has 8 rings (SSSR count). The van der Waals surface area contributed by atoms with Crippen LogP contribution in [-0.4, -0.2) is 31.5 Å². The molecule has 2 aromatic carbocycles. The minimum Gasteiger partial charge on any atom is -0.383 e. The highest BCUT2D eigenvalue weighted by Crippen LogP contribution is 2.62. The summed E-state index contributed by atoms with van der Waals surface area (Å²) in [5.41, 5.74) is 3.95. The molecule has 0 amide bonds. The van der Waals surface area contributed by atoms with Gasteiger partial charge in [0.2, 0.25) is 0 Å². The van der Waals surface area contributed by atoms with Crippen LogP contribution in [0, 0.1) is 34.0 Å². The lowest BCUT2D eigenvalue weighted by molar-refractivity contribution is -0.0989. The maximum atomic E-state index is 13.5.